The SMILES string of the molecule is CCOc1nc(N)nc(NCCC(C)SC)n1. The van der Waals surface area contributed by atoms with E-state index in [2.05, 4.69) is 33.4 Å². The monoisotopic (exact) mass is 257 g/mol. The zero-order valence-corrected chi connectivity index (χ0v) is 11.3. The van der Waals surface area contributed by atoms with Gasteiger partial charge in [-0.3, -0.25) is 0 Å². The van der Waals surface area contributed by atoms with Gasteiger partial charge < -0.3 is 15.8 Å². The molecule has 0 fully saturated rings. The Morgan fingerprint density at radius 1 is 1.41 bits per heavy atom. The van der Waals surface area contributed by atoms with E-state index in [9.17, 15) is 0 Å². The van der Waals surface area contributed by atoms with Crippen molar-refractivity contribution in [1.82, 2.24) is 15.0 Å². The number of thioether (sulfide) groups is 1. The van der Waals surface area contributed by atoms with Crippen molar-refractivity contribution in [3.05, 3.63) is 0 Å². The van der Waals surface area contributed by atoms with Crippen LogP contribution in [0.4, 0.5) is 11.9 Å². The van der Waals surface area contributed by atoms with Crippen LogP contribution in [0.5, 0.6) is 6.01 Å². The van der Waals surface area contributed by atoms with E-state index in [1.807, 2.05) is 18.7 Å². The quantitative estimate of drug-likeness (QED) is 0.763. The molecule has 0 amide bonds. The van der Waals surface area contributed by atoms with Crippen LogP contribution in [0.15, 0.2) is 0 Å². The molecule has 1 aromatic heterocycles. The number of hydrogen-bond donors (Lipinski definition) is 2. The molecule has 1 atom stereocenters. The molecule has 17 heavy (non-hydrogen) atoms. The van der Waals surface area contributed by atoms with E-state index < -0.39 is 0 Å². The lowest BCUT2D eigenvalue weighted by molar-refractivity contribution is 0.312. The average Bonchev–Trinajstić information content (AvgIpc) is 2.28. The highest BCUT2D eigenvalue weighted by Gasteiger charge is 2.05. The first kappa shape index (κ1) is 13.8. The molecule has 96 valence electrons. The highest BCUT2D eigenvalue weighted by atomic mass is 32.2. The highest BCUT2D eigenvalue weighted by Crippen LogP contribution is 2.11. The van der Waals surface area contributed by atoms with E-state index in [1.165, 1.54) is 0 Å². The van der Waals surface area contributed by atoms with E-state index in [0.29, 0.717) is 17.8 Å². The summed E-state index contributed by atoms with van der Waals surface area (Å²) in [6.45, 7) is 5.36. The van der Waals surface area contributed by atoms with Crippen molar-refractivity contribution >= 4 is 23.7 Å². The van der Waals surface area contributed by atoms with Crippen molar-refractivity contribution in [2.75, 3.05) is 30.5 Å². The number of nitrogen functional groups attached to an aromatic ring is 1. The first-order chi connectivity index (χ1) is 8.15. The Balaban J connectivity index is 2.52. The Morgan fingerprint density at radius 3 is 2.82 bits per heavy atom. The van der Waals surface area contributed by atoms with Gasteiger partial charge in [0.05, 0.1) is 6.61 Å². The molecule has 1 aromatic rings. The van der Waals surface area contributed by atoms with Crippen molar-refractivity contribution < 1.29 is 4.74 Å². The zero-order chi connectivity index (χ0) is 12.7. The van der Waals surface area contributed by atoms with Gasteiger partial charge in [-0.15, -0.1) is 0 Å². The summed E-state index contributed by atoms with van der Waals surface area (Å²) >= 11 is 1.83. The second-order valence-corrected chi connectivity index (χ2v) is 4.77. The van der Waals surface area contributed by atoms with Crippen LogP contribution in [0.3, 0.4) is 0 Å². The third-order valence-electron chi connectivity index (χ3n) is 2.14. The fourth-order valence-electron chi connectivity index (χ4n) is 1.15. The minimum Gasteiger partial charge on any atom is -0.464 e. The topological polar surface area (TPSA) is 86.0 Å². The van der Waals surface area contributed by atoms with Crippen LogP contribution in [0.2, 0.25) is 0 Å². The van der Waals surface area contributed by atoms with Crippen LogP contribution in [0.25, 0.3) is 0 Å². The molecule has 1 unspecified atom stereocenters. The largest absolute Gasteiger partial charge is 0.464 e. The third-order valence-corrected chi connectivity index (χ3v) is 3.18. The molecule has 0 spiro atoms. The van der Waals surface area contributed by atoms with Gasteiger partial charge in [0.2, 0.25) is 11.9 Å². The van der Waals surface area contributed by atoms with Gasteiger partial charge in [0.1, 0.15) is 0 Å². The molecule has 0 aliphatic heterocycles. The second-order valence-electron chi connectivity index (χ2n) is 3.49. The number of nitrogens with two attached hydrogens (primary N) is 1. The number of ether oxygens (including phenoxy) is 1. The fraction of sp³-hybridized carbons (Fsp3) is 0.700. The first-order valence-corrected chi connectivity index (χ1v) is 6.85. The Morgan fingerprint density at radius 2 is 2.18 bits per heavy atom. The standard InChI is InChI=1S/C10H19N5OS/c1-4-16-10-14-8(11)13-9(15-10)12-6-5-7(2)17-3/h7H,4-6H2,1-3H3,(H3,11,12,13,14,15). The highest BCUT2D eigenvalue weighted by molar-refractivity contribution is 7.99. The second kappa shape index (κ2) is 7.16. The Hall–Kier alpha value is -1.24. The lowest BCUT2D eigenvalue weighted by Gasteiger charge is -2.09. The van der Waals surface area contributed by atoms with E-state index in [-0.39, 0.29) is 12.0 Å². The van der Waals surface area contributed by atoms with Crippen LogP contribution in [0, 0.1) is 0 Å². The van der Waals surface area contributed by atoms with Crippen molar-refractivity contribution in [3.63, 3.8) is 0 Å². The van der Waals surface area contributed by atoms with Gasteiger partial charge in [0.25, 0.3) is 0 Å². The molecule has 6 nitrogen and oxygen atoms in total. The lowest BCUT2D eigenvalue weighted by atomic mass is 10.3. The van der Waals surface area contributed by atoms with Crippen molar-refractivity contribution in [3.8, 4) is 6.01 Å². The maximum absolute atomic E-state index is 5.56. The summed E-state index contributed by atoms with van der Waals surface area (Å²) in [6, 6.07) is 0.264. The molecule has 0 radical (unpaired) electrons. The van der Waals surface area contributed by atoms with Crippen molar-refractivity contribution in [2.45, 2.75) is 25.5 Å². The molecule has 7 heteroatoms. The van der Waals surface area contributed by atoms with Gasteiger partial charge in [-0.25, -0.2) is 0 Å². The number of nitrogens with zero attached hydrogens (tertiary/aromatic N) is 3. The Labute approximate surface area is 106 Å². The van der Waals surface area contributed by atoms with Crippen molar-refractivity contribution in [1.29, 1.82) is 0 Å². The normalized spacial score (nSPS) is 12.2. The van der Waals surface area contributed by atoms with Gasteiger partial charge in [-0.05, 0) is 19.6 Å². The number of hydrogen-bond acceptors (Lipinski definition) is 7. The molecule has 0 aliphatic carbocycles. The van der Waals surface area contributed by atoms with Crippen LogP contribution in [-0.2, 0) is 0 Å². The molecule has 0 aliphatic rings. The summed E-state index contributed by atoms with van der Waals surface area (Å²) in [5.74, 6) is 0.637. The number of aromatic nitrogens is 3. The number of anilines is 2. The maximum Gasteiger partial charge on any atom is 0.323 e. The zero-order valence-electron chi connectivity index (χ0n) is 10.4. The van der Waals surface area contributed by atoms with E-state index in [4.69, 9.17) is 10.5 Å². The maximum atomic E-state index is 5.56. The van der Waals surface area contributed by atoms with E-state index in [1.54, 1.807) is 0 Å². The molecule has 0 bridgehead atoms. The number of nitrogens with one attached hydrogen (secondary N) is 1. The smallest absolute Gasteiger partial charge is 0.323 e. The summed E-state index contributed by atoms with van der Waals surface area (Å²) in [6.07, 6.45) is 3.13. The molecular formula is C10H19N5OS. The summed E-state index contributed by atoms with van der Waals surface area (Å²) in [4.78, 5) is 12.0. The first-order valence-electron chi connectivity index (χ1n) is 5.56. The molecule has 0 saturated heterocycles. The predicted octanol–water partition coefficient (Wildman–Crippen LogP) is 1.41. The molecule has 0 aromatic carbocycles. The van der Waals surface area contributed by atoms with Crippen LogP contribution in [0.1, 0.15) is 20.3 Å². The molecule has 1 rings (SSSR count). The van der Waals surface area contributed by atoms with Crippen LogP contribution in [-0.4, -0.2) is 39.6 Å². The molecular weight excluding hydrogens is 238 g/mol. The lowest BCUT2D eigenvalue weighted by Crippen LogP contribution is -2.12. The molecule has 1 heterocycles. The van der Waals surface area contributed by atoms with E-state index in [0.717, 1.165) is 13.0 Å². The fourth-order valence-corrected chi connectivity index (χ4v) is 1.50. The van der Waals surface area contributed by atoms with Gasteiger partial charge in [0, 0.05) is 11.8 Å². The Kier molecular flexibility index (Phi) is 5.82. The summed E-state index contributed by atoms with van der Waals surface area (Å²) < 4.78 is 5.19. The minimum absolute atomic E-state index is 0.170. The predicted molar refractivity (Wildman–Crippen MR) is 71.5 cm³/mol. The number of rotatable bonds is 7. The molecule has 0 saturated carbocycles. The van der Waals surface area contributed by atoms with Gasteiger partial charge >= 0.3 is 6.01 Å². The summed E-state index contributed by atoms with van der Waals surface area (Å²) in [7, 11) is 0. The molecule has 3 N–H and O–H groups in total. The van der Waals surface area contributed by atoms with Gasteiger partial charge in [-0.1, -0.05) is 6.92 Å². The summed E-state index contributed by atoms with van der Waals surface area (Å²) in [5.41, 5.74) is 5.56. The van der Waals surface area contributed by atoms with Gasteiger partial charge in [0.15, 0.2) is 0 Å². The van der Waals surface area contributed by atoms with Crippen molar-refractivity contribution in [2.24, 2.45) is 0 Å². The van der Waals surface area contributed by atoms with E-state index >= 15 is 0 Å². The average molecular weight is 257 g/mol. The summed E-state index contributed by atoms with van der Waals surface area (Å²) in [5, 5.41) is 3.72. The van der Waals surface area contributed by atoms with Crippen LogP contribution >= 0.6 is 11.8 Å². The third kappa shape index (κ3) is 5.08. The van der Waals surface area contributed by atoms with Crippen LogP contribution < -0.4 is 15.8 Å². The van der Waals surface area contributed by atoms with Gasteiger partial charge in [-0.2, -0.15) is 26.7 Å². The minimum atomic E-state index is 0.170. The Bertz CT molecular complexity index is 349.